The number of nitrogens with zero attached hydrogens (tertiary/aromatic N) is 3. The molecule has 1 aliphatic rings. The second-order valence-corrected chi connectivity index (χ2v) is 5.74. The summed E-state index contributed by atoms with van der Waals surface area (Å²) in [4.78, 5) is 14.7. The molecule has 0 N–H and O–H groups in total. The predicted molar refractivity (Wildman–Crippen MR) is 78.9 cm³/mol. The van der Waals surface area contributed by atoms with Crippen molar-refractivity contribution in [3.8, 4) is 0 Å². The lowest BCUT2D eigenvalue weighted by atomic mass is 10.1. The molecule has 0 bridgehead atoms. The Morgan fingerprint density at radius 3 is 2.90 bits per heavy atom. The van der Waals surface area contributed by atoms with Crippen molar-refractivity contribution < 1.29 is 9.32 Å². The first-order valence-corrected chi connectivity index (χ1v) is 7.52. The van der Waals surface area contributed by atoms with Gasteiger partial charge in [0.05, 0.1) is 11.7 Å². The molecule has 0 radical (unpaired) electrons. The Labute approximate surface area is 124 Å². The largest absolute Gasteiger partial charge is 0.353 e. The first kappa shape index (κ1) is 13.9. The standard InChI is InChI=1S/C16H21N3O2/c1-12-11-15(21-17-12)16(20)19-10-5-3-4-7-14(19)13-8-6-9-18(13)2/h6,8-9,11,14H,3-5,7,10H2,1-2H3. The number of carbonyl (C=O) groups is 1. The lowest BCUT2D eigenvalue weighted by Crippen LogP contribution is -2.35. The summed E-state index contributed by atoms with van der Waals surface area (Å²) in [5.41, 5.74) is 1.92. The molecule has 1 unspecified atom stereocenters. The molecule has 1 aliphatic heterocycles. The highest BCUT2D eigenvalue weighted by Crippen LogP contribution is 2.31. The number of rotatable bonds is 2. The summed E-state index contributed by atoms with van der Waals surface area (Å²) in [5, 5.41) is 3.83. The Hall–Kier alpha value is -2.04. The van der Waals surface area contributed by atoms with E-state index in [0.717, 1.165) is 31.5 Å². The maximum Gasteiger partial charge on any atom is 0.293 e. The minimum atomic E-state index is -0.0521. The van der Waals surface area contributed by atoms with Gasteiger partial charge in [0, 0.05) is 31.5 Å². The molecular formula is C16H21N3O2. The van der Waals surface area contributed by atoms with E-state index in [9.17, 15) is 4.79 Å². The van der Waals surface area contributed by atoms with Crippen molar-refractivity contribution in [3.63, 3.8) is 0 Å². The predicted octanol–water partition coefficient (Wildman–Crippen LogP) is 3.08. The first-order chi connectivity index (χ1) is 10.2. The zero-order valence-electron chi connectivity index (χ0n) is 12.6. The lowest BCUT2D eigenvalue weighted by Gasteiger charge is -2.29. The normalized spacial score (nSPS) is 19.5. The van der Waals surface area contributed by atoms with Crippen LogP contribution >= 0.6 is 0 Å². The Morgan fingerprint density at radius 2 is 2.24 bits per heavy atom. The van der Waals surface area contributed by atoms with Crippen molar-refractivity contribution in [2.24, 2.45) is 7.05 Å². The van der Waals surface area contributed by atoms with E-state index in [-0.39, 0.29) is 11.9 Å². The van der Waals surface area contributed by atoms with Crippen molar-refractivity contribution in [1.82, 2.24) is 14.6 Å². The monoisotopic (exact) mass is 287 g/mol. The molecule has 5 heteroatoms. The summed E-state index contributed by atoms with van der Waals surface area (Å²) in [7, 11) is 2.03. The van der Waals surface area contributed by atoms with Gasteiger partial charge in [-0.2, -0.15) is 0 Å². The third kappa shape index (κ3) is 2.73. The molecule has 0 aromatic carbocycles. The van der Waals surface area contributed by atoms with Crippen LogP contribution < -0.4 is 0 Å². The molecule has 3 rings (SSSR count). The molecule has 2 aromatic heterocycles. The van der Waals surface area contributed by atoms with E-state index in [4.69, 9.17) is 4.52 Å². The molecule has 0 aliphatic carbocycles. The quantitative estimate of drug-likeness (QED) is 0.853. The topological polar surface area (TPSA) is 51.3 Å². The van der Waals surface area contributed by atoms with Crippen molar-refractivity contribution in [2.45, 2.75) is 38.6 Å². The van der Waals surface area contributed by atoms with Gasteiger partial charge in [0.15, 0.2) is 0 Å². The molecule has 0 spiro atoms. The minimum Gasteiger partial charge on any atom is -0.353 e. The summed E-state index contributed by atoms with van der Waals surface area (Å²) in [6.07, 6.45) is 6.38. The number of likely N-dealkylation sites (tertiary alicyclic amines) is 1. The first-order valence-electron chi connectivity index (χ1n) is 7.52. The Balaban J connectivity index is 1.92. The van der Waals surface area contributed by atoms with Gasteiger partial charge in [0.2, 0.25) is 5.76 Å². The molecule has 0 saturated carbocycles. The zero-order valence-corrected chi connectivity index (χ0v) is 12.6. The second-order valence-electron chi connectivity index (χ2n) is 5.74. The van der Waals surface area contributed by atoms with E-state index < -0.39 is 0 Å². The number of aromatic nitrogens is 2. The molecule has 112 valence electrons. The second kappa shape index (κ2) is 5.76. The molecule has 2 aromatic rings. The number of carbonyl (C=O) groups excluding carboxylic acids is 1. The van der Waals surface area contributed by atoms with Crippen molar-refractivity contribution in [3.05, 3.63) is 41.5 Å². The third-order valence-corrected chi connectivity index (χ3v) is 4.18. The summed E-state index contributed by atoms with van der Waals surface area (Å²) >= 11 is 0. The van der Waals surface area contributed by atoms with Crippen LogP contribution in [0, 0.1) is 6.92 Å². The van der Waals surface area contributed by atoms with Gasteiger partial charge < -0.3 is 14.0 Å². The molecular weight excluding hydrogens is 266 g/mol. The van der Waals surface area contributed by atoms with Gasteiger partial charge in [-0.25, -0.2) is 0 Å². The van der Waals surface area contributed by atoms with Crippen LogP contribution in [0.25, 0.3) is 0 Å². The summed E-state index contributed by atoms with van der Waals surface area (Å²) in [6, 6.07) is 5.96. The summed E-state index contributed by atoms with van der Waals surface area (Å²) in [5.74, 6) is 0.289. The number of hydrogen-bond donors (Lipinski definition) is 0. The summed E-state index contributed by atoms with van der Waals surface area (Å²) in [6.45, 7) is 2.60. The Bertz CT molecular complexity index is 629. The fraction of sp³-hybridized carbons (Fsp3) is 0.500. The molecule has 1 atom stereocenters. The van der Waals surface area contributed by atoms with E-state index in [1.807, 2.05) is 31.1 Å². The fourth-order valence-corrected chi connectivity index (χ4v) is 3.09. The molecule has 21 heavy (non-hydrogen) atoms. The van der Waals surface area contributed by atoms with E-state index in [0.29, 0.717) is 5.76 Å². The van der Waals surface area contributed by atoms with Crippen molar-refractivity contribution >= 4 is 5.91 Å². The molecule has 5 nitrogen and oxygen atoms in total. The van der Waals surface area contributed by atoms with Crippen LogP contribution in [0.3, 0.4) is 0 Å². The van der Waals surface area contributed by atoms with Gasteiger partial charge in [-0.15, -0.1) is 0 Å². The van der Waals surface area contributed by atoms with Crippen LogP contribution in [0.4, 0.5) is 0 Å². The van der Waals surface area contributed by atoms with E-state index in [2.05, 4.69) is 15.8 Å². The van der Waals surface area contributed by atoms with Gasteiger partial charge in [-0.1, -0.05) is 18.0 Å². The SMILES string of the molecule is Cc1cc(C(=O)N2CCCCCC2c2cccn2C)on1. The Morgan fingerprint density at radius 1 is 1.38 bits per heavy atom. The molecule has 1 amide bonds. The van der Waals surface area contributed by atoms with E-state index in [1.54, 1.807) is 6.07 Å². The van der Waals surface area contributed by atoms with Gasteiger partial charge in [-0.3, -0.25) is 4.79 Å². The van der Waals surface area contributed by atoms with Crippen molar-refractivity contribution in [1.29, 1.82) is 0 Å². The van der Waals surface area contributed by atoms with Gasteiger partial charge in [0.1, 0.15) is 0 Å². The average Bonchev–Trinajstić information content (AvgIpc) is 3.00. The van der Waals surface area contributed by atoms with Gasteiger partial charge >= 0.3 is 0 Å². The van der Waals surface area contributed by atoms with Gasteiger partial charge in [0.25, 0.3) is 5.91 Å². The fourth-order valence-electron chi connectivity index (χ4n) is 3.09. The highest BCUT2D eigenvalue weighted by atomic mass is 16.5. The van der Waals surface area contributed by atoms with Crippen LogP contribution in [0.1, 0.15) is 53.7 Å². The van der Waals surface area contributed by atoms with Crippen LogP contribution in [-0.2, 0) is 7.05 Å². The van der Waals surface area contributed by atoms with Crippen LogP contribution in [0.2, 0.25) is 0 Å². The Kier molecular flexibility index (Phi) is 3.82. The molecule has 3 heterocycles. The molecule has 1 fully saturated rings. The zero-order chi connectivity index (χ0) is 14.8. The maximum absolute atomic E-state index is 12.8. The average molecular weight is 287 g/mol. The minimum absolute atomic E-state index is 0.0521. The van der Waals surface area contributed by atoms with Crippen LogP contribution in [0.15, 0.2) is 28.9 Å². The lowest BCUT2D eigenvalue weighted by molar-refractivity contribution is 0.0632. The molecule has 1 saturated heterocycles. The number of aryl methyl sites for hydroxylation is 2. The van der Waals surface area contributed by atoms with Gasteiger partial charge in [-0.05, 0) is 31.9 Å². The smallest absolute Gasteiger partial charge is 0.293 e. The van der Waals surface area contributed by atoms with Crippen molar-refractivity contribution in [2.75, 3.05) is 6.54 Å². The highest BCUT2D eigenvalue weighted by Gasteiger charge is 2.30. The van der Waals surface area contributed by atoms with E-state index >= 15 is 0 Å². The number of amides is 1. The van der Waals surface area contributed by atoms with Crippen LogP contribution in [-0.4, -0.2) is 27.1 Å². The highest BCUT2D eigenvalue weighted by molar-refractivity contribution is 5.91. The third-order valence-electron chi connectivity index (χ3n) is 4.18. The number of hydrogen-bond acceptors (Lipinski definition) is 3. The summed E-state index contributed by atoms with van der Waals surface area (Å²) < 4.78 is 7.27. The van der Waals surface area contributed by atoms with Crippen LogP contribution in [0.5, 0.6) is 0 Å². The van der Waals surface area contributed by atoms with E-state index in [1.165, 1.54) is 12.1 Å². The maximum atomic E-state index is 12.8.